The molecular formula is C68H130O6. The molecule has 2 N–H and O–H groups in total. The van der Waals surface area contributed by atoms with Crippen molar-refractivity contribution in [3.8, 4) is 0 Å². The topological polar surface area (TPSA) is 93.1 Å². The van der Waals surface area contributed by atoms with Crippen molar-refractivity contribution in [2.75, 3.05) is 26.4 Å². The average Bonchev–Trinajstić information content (AvgIpc) is 3.47. The molecule has 1 unspecified atom stereocenters. The van der Waals surface area contributed by atoms with Gasteiger partial charge in [0.05, 0.1) is 31.0 Å². The third-order valence-electron chi connectivity index (χ3n) is 16.8. The average molecular weight is 1040 g/mol. The molecule has 0 aromatic rings. The number of rotatable bonds is 59. The van der Waals surface area contributed by atoms with Crippen LogP contribution in [0.4, 0.5) is 0 Å². The summed E-state index contributed by atoms with van der Waals surface area (Å²) < 4.78 is 10.6. The molecule has 1 fully saturated rings. The van der Waals surface area contributed by atoms with Crippen molar-refractivity contribution >= 4 is 11.9 Å². The fourth-order valence-corrected chi connectivity index (χ4v) is 11.3. The van der Waals surface area contributed by atoms with Crippen molar-refractivity contribution in [2.45, 2.75) is 373 Å². The highest BCUT2D eigenvalue weighted by molar-refractivity contribution is 5.80. The van der Waals surface area contributed by atoms with E-state index in [4.69, 9.17) is 9.47 Å². The van der Waals surface area contributed by atoms with Crippen LogP contribution in [0.2, 0.25) is 0 Å². The molecule has 1 saturated heterocycles. The third kappa shape index (κ3) is 48.9. The van der Waals surface area contributed by atoms with E-state index in [0.29, 0.717) is 6.42 Å². The Labute approximate surface area is 462 Å². The van der Waals surface area contributed by atoms with Crippen LogP contribution in [0.15, 0.2) is 12.2 Å². The molecule has 0 saturated carbocycles. The van der Waals surface area contributed by atoms with Gasteiger partial charge < -0.3 is 19.7 Å². The van der Waals surface area contributed by atoms with E-state index in [1.165, 1.54) is 334 Å². The maximum atomic E-state index is 12.6. The Morgan fingerprint density at radius 3 is 0.838 bits per heavy atom. The van der Waals surface area contributed by atoms with E-state index in [9.17, 15) is 19.8 Å². The summed E-state index contributed by atoms with van der Waals surface area (Å²) in [6.07, 6.45) is 83.1. The number of allylic oxidation sites excluding steroid dienone is 2. The Bertz CT molecular complexity index is 1160. The predicted molar refractivity (Wildman–Crippen MR) is 320 cm³/mol. The Morgan fingerprint density at radius 2 is 0.581 bits per heavy atom. The normalized spacial score (nSPS) is 15.1. The fraction of sp³-hybridized carbons (Fsp3) is 0.941. The van der Waals surface area contributed by atoms with Crippen molar-refractivity contribution < 1.29 is 29.3 Å². The lowest BCUT2D eigenvalue weighted by Gasteiger charge is -2.27. The summed E-state index contributed by atoms with van der Waals surface area (Å²) in [5.74, 6) is -1.40. The summed E-state index contributed by atoms with van der Waals surface area (Å²) >= 11 is 0. The molecule has 0 aliphatic carbocycles. The maximum Gasteiger partial charge on any atom is 0.309 e. The number of hydrogen-bond acceptors (Lipinski definition) is 6. The fourth-order valence-electron chi connectivity index (χ4n) is 11.3. The molecular weight excluding hydrogens is 913 g/mol. The Morgan fingerprint density at radius 1 is 0.351 bits per heavy atom. The lowest BCUT2D eigenvalue weighted by molar-refractivity contribution is -0.155. The predicted octanol–water partition coefficient (Wildman–Crippen LogP) is 21.5. The first-order chi connectivity index (χ1) is 36.6. The van der Waals surface area contributed by atoms with Crippen LogP contribution in [-0.2, 0) is 19.1 Å². The van der Waals surface area contributed by atoms with Crippen LogP contribution < -0.4 is 0 Å². The summed E-state index contributed by atoms with van der Waals surface area (Å²) in [4.78, 5) is 24.8. The second-order valence-electron chi connectivity index (χ2n) is 24.2. The van der Waals surface area contributed by atoms with E-state index < -0.39 is 36.5 Å². The first-order valence-electron chi connectivity index (χ1n) is 33.8. The van der Waals surface area contributed by atoms with Crippen LogP contribution in [0.3, 0.4) is 0 Å². The summed E-state index contributed by atoms with van der Waals surface area (Å²) in [6.45, 7) is 1.21. The molecule has 1 aliphatic heterocycles. The van der Waals surface area contributed by atoms with Crippen molar-refractivity contribution in [1.82, 2.24) is 0 Å². The largest absolute Gasteiger partial charge is 0.465 e. The summed E-state index contributed by atoms with van der Waals surface area (Å²) in [5.41, 5.74) is -1.12. The molecule has 0 radical (unpaired) electrons. The highest BCUT2D eigenvalue weighted by atomic mass is 16.6. The molecule has 0 bridgehead atoms. The van der Waals surface area contributed by atoms with Gasteiger partial charge in [-0.2, -0.15) is 0 Å². The van der Waals surface area contributed by atoms with Crippen LogP contribution in [0.1, 0.15) is 373 Å². The van der Waals surface area contributed by atoms with Crippen LogP contribution in [0, 0.1) is 11.3 Å². The zero-order valence-corrected chi connectivity index (χ0v) is 49.9. The summed E-state index contributed by atoms with van der Waals surface area (Å²) in [5, 5.41) is 19.2. The smallest absolute Gasteiger partial charge is 0.309 e. The summed E-state index contributed by atoms with van der Waals surface area (Å²) in [6, 6.07) is 0. The number of hydrogen-bond donors (Lipinski definition) is 2. The van der Waals surface area contributed by atoms with Gasteiger partial charge in [-0.25, -0.2) is 0 Å². The SMILES string of the molecule is CCCCCCCCCCCCCCC/C=C/CCCCCCCCCCCCCCCCCCCCCCCCCCCCCCCCCCCCCCCCCCC1CC(=O)OCC(CO)(CO)COC1=O. The van der Waals surface area contributed by atoms with E-state index in [1.54, 1.807) is 0 Å². The van der Waals surface area contributed by atoms with Gasteiger partial charge in [-0.1, -0.05) is 347 Å². The quantitative estimate of drug-likeness (QED) is 0.0358. The van der Waals surface area contributed by atoms with Crippen molar-refractivity contribution in [1.29, 1.82) is 0 Å². The number of carbonyl (C=O) groups excluding carboxylic acids is 2. The van der Waals surface area contributed by atoms with Gasteiger partial charge in [0.25, 0.3) is 0 Å². The molecule has 0 aromatic heterocycles. The van der Waals surface area contributed by atoms with Gasteiger partial charge in [-0.05, 0) is 32.1 Å². The molecule has 0 amide bonds. The monoisotopic (exact) mass is 1040 g/mol. The van der Waals surface area contributed by atoms with Gasteiger partial charge in [0.2, 0.25) is 0 Å². The molecule has 1 rings (SSSR count). The van der Waals surface area contributed by atoms with Crippen LogP contribution in [0.5, 0.6) is 0 Å². The van der Waals surface area contributed by atoms with E-state index in [-0.39, 0.29) is 19.6 Å². The number of carbonyl (C=O) groups is 2. The zero-order valence-electron chi connectivity index (χ0n) is 49.9. The lowest BCUT2D eigenvalue weighted by Crippen LogP contribution is -2.40. The van der Waals surface area contributed by atoms with Crippen LogP contribution >= 0.6 is 0 Å². The Balaban J connectivity index is 1.67. The first-order valence-corrected chi connectivity index (χ1v) is 33.8. The minimum absolute atomic E-state index is 0.00511. The van der Waals surface area contributed by atoms with Crippen molar-refractivity contribution in [2.24, 2.45) is 11.3 Å². The van der Waals surface area contributed by atoms with Gasteiger partial charge in [-0.15, -0.1) is 0 Å². The Hall–Kier alpha value is -1.40. The van der Waals surface area contributed by atoms with Crippen LogP contribution in [0.25, 0.3) is 0 Å². The van der Waals surface area contributed by atoms with E-state index >= 15 is 0 Å². The number of ether oxygens (including phenoxy) is 2. The molecule has 1 aliphatic rings. The Kier molecular flexibility index (Phi) is 55.1. The maximum absolute atomic E-state index is 12.6. The van der Waals surface area contributed by atoms with Gasteiger partial charge >= 0.3 is 11.9 Å². The highest BCUT2D eigenvalue weighted by Crippen LogP contribution is 2.25. The number of unbranched alkanes of at least 4 members (excludes halogenated alkanes) is 53. The third-order valence-corrected chi connectivity index (χ3v) is 16.8. The van der Waals surface area contributed by atoms with E-state index in [0.717, 1.165) is 19.3 Å². The van der Waals surface area contributed by atoms with Gasteiger partial charge in [0.15, 0.2) is 0 Å². The molecule has 74 heavy (non-hydrogen) atoms. The van der Waals surface area contributed by atoms with Gasteiger partial charge in [-0.3, -0.25) is 9.59 Å². The van der Waals surface area contributed by atoms with Crippen LogP contribution in [-0.4, -0.2) is 48.6 Å². The van der Waals surface area contributed by atoms with Gasteiger partial charge in [0, 0.05) is 0 Å². The minimum Gasteiger partial charge on any atom is -0.465 e. The van der Waals surface area contributed by atoms with Gasteiger partial charge in [0.1, 0.15) is 13.2 Å². The number of esters is 2. The lowest BCUT2D eigenvalue weighted by atomic mass is 9.92. The highest BCUT2D eigenvalue weighted by Gasteiger charge is 2.36. The zero-order chi connectivity index (χ0) is 53.2. The minimum atomic E-state index is -1.12. The second kappa shape index (κ2) is 57.8. The molecule has 6 heteroatoms. The number of aliphatic hydroxyl groups is 2. The van der Waals surface area contributed by atoms with Crippen molar-refractivity contribution in [3.05, 3.63) is 12.2 Å². The summed E-state index contributed by atoms with van der Waals surface area (Å²) in [7, 11) is 0. The second-order valence-corrected chi connectivity index (χ2v) is 24.2. The first kappa shape index (κ1) is 70.6. The molecule has 1 atom stereocenters. The van der Waals surface area contributed by atoms with E-state index in [1.807, 2.05) is 0 Å². The molecule has 438 valence electrons. The van der Waals surface area contributed by atoms with E-state index in [2.05, 4.69) is 19.1 Å². The molecule has 6 nitrogen and oxygen atoms in total. The number of cyclic esters (lactones) is 2. The molecule has 1 heterocycles. The standard InChI is InChI=1S/C68H130O6/c1-2-3-4-5-6-7-8-9-10-11-12-13-14-15-16-17-18-19-20-21-22-23-24-25-26-27-28-29-30-31-32-33-34-35-36-37-38-39-40-41-42-43-44-45-46-47-48-49-50-51-52-53-54-55-56-57-58-59-65-60-66(71)73-63-68(61-69,62-70)64-74-67(65)72/h16-17,65,69-70H,2-15,18-64H2,1H3/b17-16+. The number of aliphatic hydroxyl groups excluding tert-OH is 2. The molecule has 0 aromatic carbocycles. The molecule has 0 spiro atoms. The van der Waals surface area contributed by atoms with Crippen molar-refractivity contribution in [3.63, 3.8) is 0 Å².